The van der Waals surface area contributed by atoms with E-state index in [1.807, 2.05) is 0 Å². The van der Waals surface area contributed by atoms with Crippen LogP contribution in [-0.2, 0) is 0 Å². The molecule has 1 saturated heterocycles. The third-order valence-corrected chi connectivity index (χ3v) is 4.56. The molecule has 0 aliphatic carbocycles. The Hall–Kier alpha value is -2.72. The zero-order valence-electron chi connectivity index (χ0n) is 14.1. The molecule has 0 radical (unpaired) electrons. The highest BCUT2D eigenvalue weighted by Crippen LogP contribution is 2.24. The van der Waals surface area contributed by atoms with E-state index in [2.05, 4.69) is 21.3 Å². The normalized spacial score (nSPS) is 15.5. The summed E-state index contributed by atoms with van der Waals surface area (Å²) in [5.74, 6) is 0.632. The summed E-state index contributed by atoms with van der Waals surface area (Å²) in [6.07, 6.45) is 5.14. The van der Waals surface area contributed by atoms with Gasteiger partial charge in [-0.1, -0.05) is 12.8 Å². The number of nitro benzene ring substituents is 1. The fraction of sp³-hybridized carbons (Fsp3) is 0.444. The summed E-state index contributed by atoms with van der Waals surface area (Å²) in [7, 11) is 0. The number of hydrogen-bond acceptors (Lipinski definition) is 6. The number of nitrogens with one attached hydrogen (secondary N) is 1. The van der Waals surface area contributed by atoms with Crippen molar-refractivity contribution in [3.8, 4) is 6.07 Å². The van der Waals surface area contributed by atoms with Gasteiger partial charge in [0.05, 0.1) is 22.1 Å². The standard InChI is InChI=1S/C18H21N5O2/c19-13-14-11-18(20-7-10-22-8-3-1-2-4-9-22)21-17-6-5-15(23(24)25)12-16(14)17/h5-6,11-12H,1-4,7-10H2,(H,20,21). The van der Waals surface area contributed by atoms with Gasteiger partial charge in [0, 0.05) is 30.6 Å². The van der Waals surface area contributed by atoms with Crippen LogP contribution in [-0.4, -0.2) is 41.0 Å². The van der Waals surface area contributed by atoms with Crippen LogP contribution in [0.1, 0.15) is 31.2 Å². The number of likely N-dealkylation sites (tertiary alicyclic amines) is 1. The van der Waals surface area contributed by atoms with Crippen LogP contribution < -0.4 is 5.32 Å². The molecule has 130 valence electrons. The molecule has 3 rings (SSSR count). The van der Waals surface area contributed by atoms with Crippen molar-refractivity contribution in [1.29, 1.82) is 5.26 Å². The molecule has 0 bridgehead atoms. The van der Waals surface area contributed by atoms with Gasteiger partial charge in [-0.05, 0) is 38.1 Å². The van der Waals surface area contributed by atoms with Crippen molar-refractivity contribution in [3.63, 3.8) is 0 Å². The SMILES string of the molecule is N#Cc1cc(NCCN2CCCCCC2)nc2ccc([N+](=O)[O-])cc12. The first-order valence-corrected chi connectivity index (χ1v) is 8.63. The van der Waals surface area contributed by atoms with E-state index in [1.54, 1.807) is 12.1 Å². The van der Waals surface area contributed by atoms with Gasteiger partial charge in [-0.2, -0.15) is 5.26 Å². The van der Waals surface area contributed by atoms with Crippen molar-refractivity contribution in [3.05, 3.63) is 39.9 Å². The van der Waals surface area contributed by atoms with Gasteiger partial charge >= 0.3 is 0 Å². The molecule has 0 unspecified atom stereocenters. The van der Waals surface area contributed by atoms with E-state index in [1.165, 1.54) is 37.8 Å². The molecular formula is C18H21N5O2. The fourth-order valence-corrected chi connectivity index (χ4v) is 3.21. The predicted octanol–water partition coefficient (Wildman–Crippen LogP) is 3.30. The van der Waals surface area contributed by atoms with Crippen LogP contribution in [0.2, 0.25) is 0 Å². The van der Waals surface area contributed by atoms with Crippen LogP contribution in [0.25, 0.3) is 10.9 Å². The largest absolute Gasteiger partial charge is 0.369 e. The van der Waals surface area contributed by atoms with Gasteiger partial charge in [-0.25, -0.2) is 4.98 Å². The highest BCUT2D eigenvalue weighted by atomic mass is 16.6. The number of nitrogens with zero attached hydrogens (tertiary/aromatic N) is 4. The molecule has 1 aromatic heterocycles. The number of non-ortho nitro benzene ring substituents is 1. The van der Waals surface area contributed by atoms with Crippen molar-refractivity contribution in [1.82, 2.24) is 9.88 Å². The first-order valence-electron chi connectivity index (χ1n) is 8.63. The minimum atomic E-state index is -0.464. The first kappa shape index (κ1) is 17.1. The number of aromatic nitrogens is 1. The fourth-order valence-electron chi connectivity index (χ4n) is 3.21. The Kier molecular flexibility index (Phi) is 5.41. The van der Waals surface area contributed by atoms with Crippen molar-refractivity contribution in [2.24, 2.45) is 0 Å². The lowest BCUT2D eigenvalue weighted by molar-refractivity contribution is -0.384. The van der Waals surface area contributed by atoms with E-state index in [0.29, 0.717) is 22.3 Å². The summed E-state index contributed by atoms with van der Waals surface area (Å²) in [6.45, 7) is 3.98. The van der Waals surface area contributed by atoms with Crippen LogP contribution >= 0.6 is 0 Å². The smallest absolute Gasteiger partial charge is 0.270 e. The second kappa shape index (κ2) is 7.90. The van der Waals surface area contributed by atoms with Gasteiger partial charge in [0.1, 0.15) is 5.82 Å². The molecule has 7 nitrogen and oxygen atoms in total. The molecular weight excluding hydrogens is 318 g/mol. The number of rotatable bonds is 5. The molecule has 0 saturated carbocycles. The van der Waals surface area contributed by atoms with Gasteiger partial charge in [-0.15, -0.1) is 0 Å². The summed E-state index contributed by atoms with van der Waals surface area (Å²) in [5, 5.41) is 24.1. The molecule has 7 heteroatoms. The van der Waals surface area contributed by atoms with E-state index in [-0.39, 0.29) is 5.69 Å². The second-order valence-corrected chi connectivity index (χ2v) is 6.31. The number of hydrogen-bond donors (Lipinski definition) is 1. The maximum absolute atomic E-state index is 10.9. The number of fused-ring (bicyclic) bond motifs is 1. The van der Waals surface area contributed by atoms with E-state index in [4.69, 9.17) is 0 Å². The lowest BCUT2D eigenvalue weighted by Gasteiger charge is -2.20. The van der Waals surface area contributed by atoms with Crippen molar-refractivity contribution in [2.45, 2.75) is 25.7 Å². The highest BCUT2D eigenvalue weighted by Gasteiger charge is 2.12. The molecule has 1 aliphatic heterocycles. The van der Waals surface area contributed by atoms with E-state index in [0.717, 1.165) is 26.2 Å². The number of anilines is 1. The summed E-state index contributed by atoms with van der Waals surface area (Å²) in [5.41, 5.74) is 0.945. The molecule has 2 heterocycles. The van der Waals surface area contributed by atoms with E-state index in [9.17, 15) is 15.4 Å². The van der Waals surface area contributed by atoms with Crippen molar-refractivity contribution >= 4 is 22.4 Å². The van der Waals surface area contributed by atoms with Gasteiger partial charge in [-0.3, -0.25) is 10.1 Å². The lowest BCUT2D eigenvalue weighted by atomic mass is 10.1. The van der Waals surface area contributed by atoms with Gasteiger partial charge in [0.15, 0.2) is 0 Å². The van der Waals surface area contributed by atoms with Crippen molar-refractivity contribution in [2.75, 3.05) is 31.5 Å². The van der Waals surface area contributed by atoms with Gasteiger partial charge in [0.25, 0.3) is 5.69 Å². The Labute approximate surface area is 146 Å². The summed E-state index contributed by atoms with van der Waals surface area (Å²) in [4.78, 5) is 17.4. The monoisotopic (exact) mass is 339 g/mol. The third-order valence-electron chi connectivity index (χ3n) is 4.56. The number of nitriles is 1. The second-order valence-electron chi connectivity index (χ2n) is 6.31. The van der Waals surface area contributed by atoms with E-state index < -0.39 is 4.92 Å². The first-order chi connectivity index (χ1) is 12.2. The van der Waals surface area contributed by atoms with Crippen LogP contribution in [0.5, 0.6) is 0 Å². The Morgan fingerprint density at radius 3 is 2.68 bits per heavy atom. The Bertz CT molecular complexity index is 807. The van der Waals surface area contributed by atoms with Gasteiger partial charge in [0.2, 0.25) is 0 Å². The quantitative estimate of drug-likeness (QED) is 0.663. The summed E-state index contributed by atoms with van der Waals surface area (Å²) in [6, 6.07) is 8.18. The highest BCUT2D eigenvalue weighted by molar-refractivity contribution is 5.88. The van der Waals surface area contributed by atoms with Crippen molar-refractivity contribution < 1.29 is 4.92 Å². The molecule has 1 N–H and O–H groups in total. The Balaban J connectivity index is 1.72. The molecule has 1 fully saturated rings. The van der Waals surface area contributed by atoms with Gasteiger partial charge < -0.3 is 10.2 Å². The van der Waals surface area contributed by atoms with Crippen LogP contribution in [0.4, 0.5) is 11.5 Å². The Morgan fingerprint density at radius 2 is 2.00 bits per heavy atom. The molecule has 0 amide bonds. The summed E-state index contributed by atoms with van der Waals surface area (Å²) < 4.78 is 0. The number of pyridine rings is 1. The van der Waals surface area contributed by atoms with Crippen LogP contribution in [0.15, 0.2) is 24.3 Å². The molecule has 1 aliphatic rings. The average molecular weight is 339 g/mol. The number of benzene rings is 1. The maximum atomic E-state index is 10.9. The minimum Gasteiger partial charge on any atom is -0.369 e. The molecule has 2 aromatic rings. The minimum absolute atomic E-state index is 0.0346. The zero-order chi connectivity index (χ0) is 17.6. The third kappa shape index (κ3) is 4.22. The molecule has 25 heavy (non-hydrogen) atoms. The zero-order valence-corrected chi connectivity index (χ0v) is 14.1. The Morgan fingerprint density at radius 1 is 1.24 bits per heavy atom. The number of nitro groups is 1. The maximum Gasteiger partial charge on any atom is 0.270 e. The molecule has 1 aromatic carbocycles. The lowest BCUT2D eigenvalue weighted by Crippen LogP contribution is -2.30. The summed E-state index contributed by atoms with van der Waals surface area (Å²) >= 11 is 0. The van der Waals surface area contributed by atoms with Crippen LogP contribution in [0, 0.1) is 21.4 Å². The predicted molar refractivity (Wildman–Crippen MR) is 96.5 cm³/mol. The average Bonchev–Trinajstić information content (AvgIpc) is 2.89. The molecule has 0 spiro atoms. The topological polar surface area (TPSA) is 95.1 Å². The van der Waals surface area contributed by atoms with E-state index >= 15 is 0 Å². The van der Waals surface area contributed by atoms with Crippen LogP contribution in [0.3, 0.4) is 0 Å². The molecule has 0 atom stereocenters.